The quantitative estimate of drug-likeness (QED) is 0.467. The first-order valence-electron chi connectivity index (χ1n) is 11.8. The zero-order valence-electron chi connectivity index (χ0n) is 20.3. The number of nitrogens with zero attached hydrogens (tertiary/aromatic N) is 1. The molecule has 8 heteroatoms. The number of nitrogens with one attached hydrogen (secondary N) is 2. The fraction of sp³-hybridized carbons (Fsp3) is 0.600. The van der Waals surface area contributed by atoms with Gasteiger partial charge in [0.05, 0.1) is 18.3 Å². The Morgan fingerprint density at radius 2 is 2.12 bits per heavy atom. The number of hydrogen-bond donors (Lipinski definition) is 4. The van der Waals surface area contributed by atoms with Gasteiger partial charge in [0.1, 0.15) is 5.60 Å². The molecule has 1 heterocycles. The van der Waals surface area contributed by atoms with E-state index in [2.05, 4.69) is 34.9 Å². The molecule has 0 saturated carbocycles. The van der Waals surface area contributed by atoms with E-state index in [1.165, 1.54) is 16.2 Å². The van der Waals surface area contributed by atoms with Crippen LogP contribution in [0.4, 0.5) is 10.5 Å². The van der Waals surface area contributed by atoms with Crippen LogP contribution in [0.2, 0.25) is 0 Å². The molecule has 33 heavy (non-hydrogen) atoms. The Morgan fingerprint density at radius 3 is 2.76 bits per heavy atom. The van der Waals surface area contributed by atoms with Crippen molar-refractivity contribution in [1.82, 2.24) is 10.4 Å². The highest BCUT2D eigenvalue weighted by atomic mass is 16.6. The standard InChI is InChI=1S/C25H38N4O4/c1-25(2,3)33-24(30)28-23-11-12-29(31)15-20(23)16-32-21-8-5-17(6-9-21)18-7-10-22(27-4)19(13-18)14-26/h5,7,10,13-14,20-21,23,26-27,31H,6,8-9,11-12,15-16H2,1-4H3,(H,28,30)/p+1. The number of amides is 1. The van der Waals surface area contributed by atoms with Gasteiger partial charge in [-0.2, -0.15) is 5.06 Å². The summed E-state index contributed by atoms with van der Waals surface area (Å²) in [5.41, 5.74) is 3.96. The number of allylic oxidation sites excluding steroid dienone is 1. The maximum atomic E-state index is 12.2. The molecule has 0 bridgehead atoms. The summed E-state index contributed by atoms with van der Waals surface area (Å²) < 4.78 is 11.6. The highest BCUT2D eigenvalue weighted by molar-refractivity contribution is 5.86. The molecule has 1 aliphatic heterocycles. The minimum absolute atomic E-state index is 0.00150. The van der Waals surface area contributed by atoms with Crippen molar-refractivity contribution in [2.24, 2.45) is 5.92 Å². The Kier molecular flexibility index (Phi) is 8.51. The lowest BCUT2D eigenvalue weighted by molar-refractivity contribution is -0.135. The van der Waals surface area contributed by atoms with Crippen molar-refractivity contribution in [1.29, 1.82) is 0 Å². The molecule has 0 aromatic heterocycles. The number of alkyl carbamates (subject to hydrolysis) is 1. The van der Waals surface area contributed by atoms with E-state index in [9.17, 15) is 10.0 Å². The van der Waals surface area contributed by atoms with Gasteiger partial charge in [0.15, 0.2) is 6.21 Å². The number of carbonyl (C=O) groups excluding carboxylic acids is 1. The number of benzene rings is 1. The largest absolute Gasteiger partial charge is 0.444 e. The number of rotatable bonds is 7. The maximum Gasteiger partial charge on any atom is 0.407 e. The van der Waals surface area contributed by atoms with Gasteiger partial charge in [-0.3, -0.25) is 5.41 Å². The molecule has 3 atom stereocenters. The first-order valence-corrected chi connectivity index (χ1v) is 11.8. The van der Waals surface area contributed by atoms with Crippen LogP contribution in [0.1, 0.15) is 57.6 Å². The zero-order valence-corrected chi connectivity index (χ0v) is 20.3. The van der Waals surface area contributed by atoms with Gasteiger partial charge in [-0.05, 0) is 69.7 Å². The fourth-order valence-electron chi connectivity index (χ4n) is 4.44. The van der Waals surface area contributed by atoms with E-state index in [1.54, 1.807) is 6.21 Å². The van der Waals surface area contributed by atoms with Crippen molar-refractivity contribution in [2.45, 2.75) is 64.2 Å². The molecule has 0 radical (unpaired) electrons. The van der Waals surface area contributed by atoms with Crippen LogP contribution in [-0.2, 0) is 9.47 Å². The first kappa shape index (κ1) is 25.2. The second-order valence-corrected chi connectivity index (χ2v) is 9.89. The summed E-state index contributed by atoms with van der Waals surface area (Å²) in [6.45, 7) is 7.00. The number of carbonyl (C=O) groups is 1. The van der Waals surface area contributed by atoms with Gasteiger partial charge in [0, 0.05) is 37.8 Å². The normalized spacial score (nSPS) is 24.0. The lowest BCUT2D eigenvalue weighted by Crippen LogP contribution is -2.52. The van der Waals surface area contributed by atoms with Gasteiger partial charge in [-0.1, -0.05) is 12.1 Å². The van der Waals surface area contributed by atoms with Crippen molar-refractivity contribution < 1.29 is 24.9 Å². The van der Waals surface area contributed by atoms with Crippen LogP contribution in [0.25, 0.3) is 5.57 Å². The molecule has 1 aliphatic carbocycles. The molecule has 0 spiro atoms. The van der Waals surface area contributed by atoms with Crippen LogP contribution in [0, 0.1) is 5.92 Å². The molecule has 1 aromatic rings. The smallest absolute Gasteiger partial charge is 0.407 e. The fourth-order valence-corrected chi connectivity index (χ4v) is 4.44. The summed E-state index contributed by atoms with van der Waals surface area (Å²) in [6.07, 6.45) is 6.94. The topological polar surface area (TPSA) is 109 Å². The van der Waals surface area contributed by atoms with Crippen LogP contribution in [0.5, 0.6) is 0 Å². The van der Waals surface area contributed by atoms with E-state index in [0.717, 1.165) is 30.5 Å². The molecule has 3 unspecified atom stereocenters. The molecular formula is C25H39N4O4+. The lowest BCUT2D eigenvalue weighted by atomic mass is 9.90. The third-order valence-corrected chi connectivity index (χ3v) is 6.19. The monoisotopic (exact) mass is 459 g/mol. The van der Waals surface area contributed by atoms with Crippen LogP contribution < -0.4 is 16.0 Å². The highest BCUT2D eigenvalue weighted by Gasteiger charge is 2.32. The van der Waals surface area contributed by atoms with Crippen LogP contribution >= 0.6 is 0 Å². The van der Waals surface area contributed by atoms with Gasteiger partial charge in [-0.25, -0.2) is 4.79 Å². The Morgan fingerprint density at radius 1 is 1.33 bits per heavy atom. The van der Waals surface area contributed by atoms with Gasteiger partial charge in [0.2, 0.25) is 0 Å². The number of anilines is 1. The van der Waals surface area contributed by atoms with E-state index < -0.39 is 11.7 Å². The first-order chi connectivity index (χ1) is 15.7. The number of piperidine rings is 1. The van der Waals surface area contributed by atoms with Crippen LogP contribution in [0.3, 0.4) is 0 Å². The molecule has 1 fully saturated rings. The van der Waals surface area contributed by atoms with Gasteiger partial charge in [0.25, 0.3) is 0 Å². The maximum absolute atomic E-state index is 12.2. The van der Waals surface area contributed by atoms with E-state index in [0.29, 0.717) is 26.1 Å². The summed E-state index contributed by atoms with van der Waals surface area (Å²) in [5, 5.41) is 23.2. The summed E-state index contributed by atoms with van der Waals surface area (Å²) in [5.74, 6) is -0.00150. The Bertz CT molecular complexity index is 864. The van der Waals surface area contributed by atoms with E-state index in [1.807, 2.05) is 27.8 Å². The third kappa shape index (κ3) is 7.28. The molecule has 1 aromatic carbocycles. The zero-order chi connectivity index (χ0) is 24.0. The molecular weight excluding hydrogens is 420 g/mol. The average molecular weight is 460 g/mol. The van der Waals surface area contributed by atoms with Gasteiger partial charge in [-0.15, -0.1) is 0 Å². The Hall–Kier alpha value is -2.42. The SMILES string of the molecule is CNc1ccc(C2=CCC(OCC3CN(O)CCC3NC(=O)OC(C)(C)C)CC2)cc1C=[NH2+]. The van der Waals surface area contributed by atoms with E-state index >= 15 is 0 Å². The summed E-state index contributed by atoms with van der Waals surface area (Å²) in [7, 11) is 1.89. The van der Waals surface area contributed by atoms with Crippen LogP contribution in [0.15, 0.2) is 24.3 Å². The Balaban J connectivity index is 1.55. The highest BCUT2D eigenvalue weighted by Crippen LogP contribution is 2.31. The lowest BCUT2D eigenvalue weighted by Gasteiger charge is -2.37. The second-order valence-electron chi connectivity index (χ2n) is 9.89. The Labute approximate surface area is 196 Å². The minimum Gasteiger partial charge on any atom is -0.444 e. The summed E-state index contributed by atoms with van der Waals surface area (Å²) in [6, 6.07) is 6.20. The number of nitrogens with two attached hydrogens (primary N) is 1. The molecule has 8 nitrogen and oxygen atoms in total. The minimum atomic E-state index is -0.545. The van der Waals surface area contributed by atoms with Crippen molar-refractivity contribution in [2.75, 3.05) is 32.1 Å². The van der Waals surface area contributed by atoms with E-state index in [4.69, 9.17) is 14.9 Å². The third-order valence-electron chi connectivity index (χ3n) is 6.19. The summed E-state index contributed by atoms with van der Waals surface area (Å²) in [4.78, 5) is 12.2. The average Bonchev–Trinajstić information content (AvgIpc) is 2.77. The van der Waals surface area contributed by atoms with Gasteiger partial charge < -0.3 is 25.3 Å². The van der Waals surface area contributed by atoms with Crippen molar-refractivity contribution in [3.8, 4) is 0 Å². The molecule has 5 N–H and O–H groups in total. The van der Waals surface area contributed by atoms with Crippen molar-refractivity contribution in [3.05, 3.63) is 35.4 Å². The molecule has 182 valence electrons. The molecule has 1 amide bonds. The van der Waals surface area contributed by atoms with Crippen molar-refractivity contribution >= 4 is 23.6 Å². The predicted octanol–water partition coefficient (Wildman–Crippen LogP) is 2.46. The number of hydroxylamine groups is 2. The predicted molar refractivity (Wildman–Crippen MR) is 129 cm³/mol. The number of ether oxygens (including phenoxy) is 2. The summed E-state index contributed by atoms with van der Waals surface area (Å²) >= 11 is 0. The second kappa shape index (κ2) is 11.1. The van der Waals surface area contributed by atoms with Gasteiger partial charge >= 0.3 is 6.09 Å². The van der Waals surface area contributed by atoms with Crippen LogP contribution in [-0.4, -0.2) is 67.1 Å². The molecule has 2 aliphatic rings. The van der Waals surface area contributed by atoms with Crippen molar-refractivity contribution in [3.63, 3.8) is 0 Å². The molecule has 1 saturated heterocycles. The molecule has 3 rings (SSSR count). The van der Waals surface area contributed by atoms with E-state index in [-0.39, 0.29) is 18.1 Å². The number of hydrogen-bond acceptors (Lipinski definition) is 6.